The first-order chi connectivity index (χ1) is 9.20. The van der Waals surface area contributed by atoms with E-state index in [2.05, 4.69) is 18.3 Å². The quantitative estimate of drug-likeness (QED) is 0.814. The molecule has 1 aliphatic rings. The number of aryl methyl sites for hydroxylation is 1. The van der Waals surface area contributed by atoms with E-state index in [4.69, 9.17) is 5.73 Å². The molecule has 3 nitrogen and oxygen atoms in total. The van der Waals surface area contributed by atoms with Crippen molar-refractivity contribution in [2.75, 3.05) is 0 Å². The highest BCUT2D eigenvalue weighted by Gasteiger charge is 2.23. The summed E-state index contributed by atoms with van der Waals surface area (Å²) in [6, 6.07) is 4.27. The Hall–Kier alpha value is -0.870. The highest BCUT2D eigenvalue weighted by molar-refractivity contribution is 7.12. The van der Waals surface area contributed by atoms with Crippen LogP contribution in [-0.2, 0) is 11.2 Å². The number of carbonyl (C=O) groups is 1. The third-order valence-corrected chi connectivity index (χ3v) is 5.15. The van der Waals surface area contributed by atoms with Gasteiger partial charge in [-0.25, -0.2) is 0 Å². The summed E-state index contributed by atoms with van der Waals surface area (Å²) in [6.07, 6.45) is 8.49. The number of amides is 1. The zero-order valence-corrected chi connectivity index (χ0v) is 12.5. The maximum Gasteiger partial charge on any atom is 0.240 e. The summed E-state index contributed by atoms with van der Waals surface area (Å²) in [5.41, 5.74) is 5.58. The van der Waals surface area contributed by atoms with Gasteiger partial charge in [-0.15, -0.1) is 11.3 Å². The molecule has 0 spiro atoms. The van der Waals surface area contributed by atoms with Crippen molar-refractivity contribution in [3.05, 3.63) is 21.9 Å². The van der Waals surface area contributed by atoms with E-state index in [0.29, 0.717) is 6.04 Å². The van der Waals surface area contributed by atoms with Crippen LogP contribution in [-0.4, -0.2) is 11.9 Å². The summed E-state index contributed by atoms with van der Waals surface area (Å²) in [4.78, 5) is 14.1. The van der Waals surface area contributed by atoms with E-state index >= 15 is 0 Å². The Labute approximate surface area is 119 Å². The third-order valence-electron chi connectivity index (χ3n) is 3.86. The van der Waals surface area contributed by atoms with Gasteiger partial charge in [-0.3, -0.25) is 10.1 Å². The fraction of sp³-hybridized carbons (Fsp3) is 0.667. The van der Waals surface area contributed by atoms with Gasteiger partial charge in [-0.05, 0) is 31.4 Å². The number of hydrogen-bond donors (Lipinski definition) is 2. The predicted molar refractivity (Wildman–Crippen MR) is 80.3 cm³/mol. The minimum absolute atomic E-state index is 0.256. The molecule has 0 aliphatic heterocycles. The largest absolute Gasteiger partial charge is 0.368 e. The highest BCUT2D eigenvalue weighted by atomic mass is 32.1. The zero-order valence-electron chi connectivity index (χ0n) is 11.7. The summed E-state index contributed by atoms with van der Waals surface area (Å²) in [6.45, 7) is 2.13. The van der Waals surface area contributed by atoms with Crippen LogP contribution in [0.3, 0.4) is 0 Å². The van der Waals surface area contributed by atoms with E-state index in [1.807, 2.05) is 6.07 Å². The van der Waals surface area contributed by atoms with Gasteiger partial charge >= 0.3 is 0 Å². The molecule has 1 amide bonds. The van der Waals surface area contributed by atoms with Gasteiger partial charge in [0, 0.05) is 15.8 Å². The van der Waals surface area contributed by atoms with E-state index < -0.39 is 0 Å². The lowest BCUT2D eigenvalue weighted by Gasteiger charge is -2.22. The topological polar surface area (TPSA) is 55.1 Å². The molecule has 0 radical (unpaired) electrons. The lowest BCUT2D eigenvalue weighted by atomic mass is 10.1. The van der Waals surface area contributed by atoms with Crippen molar-refractivity contribution in [1.29, 1.82) is 0 Å². The molecule has 1 saturated carbocycles. The van der Waals surface area contributed by atoms with Crippen LogP contribution in [0.4, 0.5) is 0 Å². The molecule has 1 fully saturated rings. The SMILES string of the molecule is CCc1ccc(C(NC2CCCCCC2)C(N)=O)s1. The van der Waals surface area contributed by atoms with E-state index in [1.165, 1.54) is 30.6 Å². The van der Waals surface area contributed by atoms with Crippen molar-refractivity contribution in [1.82, 2.24) is 5.32 Å². The first-order valence-electron chi connectivity index (χ1n) is 7.34. The summed E-state index contributed by atoms with van der Waals surface area (Å²) in [5.74, 6) is -0.256. The van der Waals surface area contributed by atoms with Gasteiger partial charge in [0.05, 0.1) is 0 Å². The molecule has 0 aromatic carbocycles. The number of carbonyl (C=O) groups excluding carboxylic acids is 1. The molecule has 1 aromatic rings. The van der Waals surface area contributed by atoms with Gasteiger partial charge in [-0.1, -0.05) is 32.6 Å². The number of hydrogen-bond acceptors (Lipinski definition) is 3. The van der Waals surface area contributed by atoms with Crippen LogP contribution < -0.4 is 11.1 Å². The smallest absolute Gasteiger partial charge is 0.240 e. The van der Waals surface area contributed by atoms with E-state index in [1.54, 1.807) is 11.3 Å². The minimum Gasteiger partial charge on any atom is -0.368 e. The fourth-order valence-electron chi connectivity index (χ4n) is 2.73. The first-order valence-corrected chi connectivity index (χ1v) is 8.16. The Kier molecular flexibility index (Phi) is 5.40. The maximum atomic E-state index is 11.7. The Morgan fingerprint density at radius 2 is 2.05 bits per heavy atom. The number of nitrogens with two attached hydrogens (primary N) is 1. The molecular formula is C15H24N2OS. The van der Waals surface area contributed by atoms with Gasteiger partial charge in [-0.2, -0.15) is 0 Å². The third kappa shape index (κ3) is 4.05. The lowest BCUT2D eigenvalue weighted by Crippen LogP contribution is -2.39. The summed E-state index contributed by atoms with van der Waals surface area (Å²) in [7, 11) is 0. The van der Waals surface area contributed by atoms with Crippen LogP contribution in [0.15, 0.2) is 12.1 Å². The predicted octanol–water partition coefficient (Wildman–Crippen LogP) is 3.15. The van der Waals surface area contributed by atoms with Crippen LogP contribution >= 0.6 is 11.3 Å². The van der Waals surface area contributed by atoms with Gasteiger partial charge in [0.2, 0.25) is 5.91 Å². The van der Waals surface area contributed by atoms with E-state index in [-0.39, 0.29) is 11.9 Å². The standard InChI is InChI=1S/C15H24N2OS/c1-2-12-9-10-13(19-12)14(15(16)18)17-11-7-5-3-4-6-8-11/h9-11,14,17H,2-8H2,1H3,(H2,16,18). The van der Waals surface area contributed by atoms with E-state index in [9.17, 15) is 4.79 Å². The van der Waals surface area contributed by atoms with Crippen LogP contribution in [0, 0.1) is 0 Å². The molecule has 19 heavy (non-hydrogen) atoms. The molecule has 1 unspecified atom stereocenters. The Bertz CT molecular complexity index is 408. The van der Waals surface area contributed by atoms with Gasteiger partial charge in [0.15, 0.2) is 0 Å². The van der Waals surface area contributed by atoms with Gasteiger partial charge in [0.1, 0.15) is 6.04 Å². The second-order valence-corrected chi connectivity index (χ2v) is 6.55. The number of thiophene rings is 1. The first kappa shape index (κ1) is 14.5. The average molecular weight is 280 g/mol. The Balaban J connectivity index is 2.04. The molecule has 0 saturated heterocycles. The summed E-state index contributed by atoms with van der Waals surface area (Å²) < 4.78 is 0. The summed E-state index contributed by atoms with van der Waals surface area (Å²) >= 11 is 1.70. The van der Waals surface area contributed by atoms with Crippen molar-refractivity contribution in [2.45, 2.75) is 64.0 Å². The lowest BCUT2D eigenvalue weighted by molar-refractivity contribution is -0.120. The average Bonchev–Trinajstić information content (AvgIpc) is 2.72. The van der Waals surface area contributed by atoms with Crippen LogP contribution in [0.5, 0.6) is 0 Å². The normalized spacial score (nSPS) is 19.0. The molecule has 1 atom stereocenters. The molecule has 4 heteroatoms. The Morgan fingerprint density at radius 3 is 2.58 bits per heavy atom. The number of nitrogens with one attached hydrogen (secondary N) is 1. The van der Waals surface area contributed by atoms with Crippen LogP contribution in [0.2, 0.25) is 0 Å². The molecule has 2 rings (SSSR count). The van der Waals surface area contributed by atoms with Crippen molar-refractivity contribution in [3.8, 4) is 0 Å². The molecule has 3 N–H and O–H groups in total. The fourth-order valence-corrected chi connectivity index (χ4v) is 3.75. The van der Waals surface area contributed by atoms with Crippen molar-refractivity contribution in [3.63, 3.8) is 0 Å². The second-order valence-electron chi connectivity index (χ2n) is 5.35. The van der Waals surface area contributed by atoms with Crippen LogP contribution in [0.25, 0.3) is 0 Å². The van der Waals surface area contributed by atoms with Gasteiger partial charge < -0.3 is 5.73 Å². The van der Waals surface area contributed by atoms with Gasteiger partial charge in [0.25, 0.3) is 0 Å². The van der Waals surface area contributed by atoms with Crippen LogP contribution in [0.1, 0.15) is 61.2 Å². The van der Waals surface area contributed by atoms with Crippen molar-refractivity contribution >= 4 is 17.2 Å². The highest BCUT2D eigenvalue weighted by Crippen LogP contribution is 2.26. The molecule has 1 aliphatic carbocycles. The molecule has 0 bridgehead atoms. The molecular weight excluding hydrogens is 256 g/mol. The molecule has 1 aromatic heterocycles. The summed E-state index contributed by atoms with van der Waals surface area (Å²) in [5, 5.41) is 3.48. The van der Waals surface area contributed by atoms with Crippen molar-refractivity contribution in [2.24, 2.45) is 5.73 Å². The van der Waals surface area contributed by atoms with Crippen molar-refractivity contribution < 1.29 is 4.79 Å². The molecule has 1 heterocycles. The number of rotatable bonds is 5. The zero-order chi connectivity index (χ0) is 13.7. The number of primary amides is 1. The van der Waals surface area contributed by atoms with E-state index in [0.717, 1.165) is 24.1 Å². The minimum atomic E-state index is -0.312. The maximum absolute atomic E-state index is 11.7. The Morgan fingerprint density at radius 1 is 1.37 bits per heavy atom. The second kappa shape index (κ2) is 7.06. The molecule has 106 valence electrons. The monoisotopic (exact) mass is 280 g/mol.